The van der Waals surface area contributed by atoms with E-state index >= 15 is 0 Å². The van der Waals surface area contributed by atoms with Crippen molar-refractivity contribution in [2.24, 2.45) is 0 Å². The Kier molecular flexibility index (Phi) is 3.98. The van der Waals surface area contributed by atoms with Gasteiger partial charge in [0.2, 0.25) is 0 Å². The van der Waals surface area contributed by atoms with Gasteiger partial charge in [0, 0.05) is 5.69 Å². The summed E-state index contributed by atoms with van der Waals surface area (Å²) in [6.07, 6.45) is -4.50. The summed E-state index contributed by atoms with van der Waals surface area (Å²) in [6.45, 7) is 0.148. The summed E-state index contributed by atoms with van der Waals surface area (Å²) >= 11 is 0. The number of carbonyl (C=O) groups is 1. The van der Waals surface area contributed by atoms with Crippen molar-refractivity contribution in [3.8, 4) is 17.1 Å². The van der Waals surface area contributed by atoms with Crippen LogP contribution in [0.1, 0.15) is 11.1 Å². The van der Waals surface area contributed by atoms with E-state index in [-0.39, 0.29) is 18.1 Å². The summed E-state index contributed by atoms with van der Waals surface area (Å²) in [6, 6.07) is 10.8. The number of anilines is 2. The van der Waals surface area contributed by atoms with E-state index in [0.717, 1.165) is 12.1 Å². The van der Waals surface area contributed by atoms with Gasteiger partial charge in [0.1, 0.15) is 12.4 Å². The molecule has 6 nitrogen and oxygen atoms in total. The molecule has 2 heterocycles. The lowest BCUT2D eigenvalue weighted by atomic mass is 10.1. The Balaban J connectivity index is 1.52. The molecule has 0 fully saturated rings. The average Bonchev–Trinajstić information content (AvgIpc) is 3.04. The predicted molar refractivity (Wildman–Crippen MR) is 90.4 cm³/mol. The van der Waals surface area contributed by atoms with E-state index in [9.17, 15) is 18.0 Å². The molecule has 3 aromatic rings. The molecule has 0 saturated heterocycles. The molecular weight excluding hydrogens is 363 g/mol. The molecule has 1 aromatic heterocycles. The van der Waals surface area contributed by atoms with Crippen LogP contribution in [0.15, 0.2) is 53.1 Å². The van der Waals surface area contributed by atoms with E-state index < -0.39 is 17.8 Å². The number of ether oxygens (including phenoxy) is 1. The van der Waals surface area contributed by atoms with Crippen LogP contribution in [-0.2, 0) is 12.8 Å². The zero-order valence-corrected chi connectivity index (χ0v) is 13.6. The molecule has 0 unspecified atom stereocenters. The number of amides is 2. The maximum atomic E-state index is 12.8. The van der Waals surface area contributed by atoms with Crippen LogP contribution in [0.5, 0.6) is 5.75 Å². The fourth-order valence-electron chi connectivity index (χ4n) is 2.73. The number of nitrogens with one attached hydrogen (secondary N) is 2. The van der Waals surface area contributed by atoms with Gasteiger partial charge < -0.3 is 14.6 Å². The Morgan fingerprint density at radius 2 is 1.89 bits per heavy atom. The molecule has 2 N–H and O–H groups in total. The Labute approximate surface area is 150 Å². The zero-order valence-electron chi connectivity index (χ0n) is 13.6. The molecule has 1 aliphatic rings. The molecular formula is C18H12F3N3O3. The third kappa shape index (κ3) is 3.31. The van der Waals surface area contributed by atoms with E-state index in [1.165, 1.54) is 12.1 Å². The minimum Gasteiger partial charge on any atom is -0.488 e. The number of para-hydroxylation sites is 1. The number of nitrogens with zero attached hydrogens (tertiary/aromatic N) is 1. The van der Waals surface area contributed by atoms with Crippen molar-refractivity contribution in [3.63, 3.8) is 0 Å². The van der Waals surface area contributed by atoms with Crippen molar-refractivity contribution < 1.29 is 27.2 Å². The first-order valence-corrected chi connectivity index (χ1v) is 7.88. The second kappa shape index (κ2) is 6.35. The minimum atomic E-state index is -4.50. The number of fused-ring (bicyclic) bond motifs is 3. The molecule has 0 saturated carbocycles. The summed E-state index contributed by atoms with van der Waals surface area (Å²) in [5.74, 6) is 1.26. The third-order valence-electron chi connectivity index (χ3n) is 3.97. The van der Waals surface area contributed by atoms with Crippen molar-refractivity contribution in [2.75, 3.05) is 10.6 Å². The number of carbonyl (C=O) groups excluding carboxylic acids is 1. The van der Waals surface area contributed by atoms with Crippen LogP contribution in [0, 0.1) is 0 Å². The maximum Gasteiger partial charge on any atom is 0.416 e. The van der Waals surface area contributed by atoms with E-state index in [4.69, 9.17) is 9.26 Å². The quantitative estimate of drug-likeness (QED) is 0.668. The van der Waals surface area contributed by atoms with Crippen LogP contribution in [0.2, 0.25) is 0 Å². The maximum absolute atomic E-state index is 12.8. The Morgan fingerprint density at radius 1 is 1.07 bits per heavy atom. The van der Waals surface area contributed by atoms with Gasteiger partial charge in [-0.1, -0.05) is 23.4 Å². The average molecular weight is 375 g/mol. The highest BCUT2D eigenvalue weighted by Gasteiger charge is 2.30. The molecule has 0 atom stereocenters. The normalized spacial score (nSPS) is 12.6. The highest BCUT2D eigenvalue weighted by atomic mass is 19.4. The van der Waals surface area contributed by atoms with Gasteiger partial charge in [0.25, 0.3) is 0 Å². The fourth-order valence-corrected chi connectivity index (χ4v) is 2.73. The lowest BCUT2D eigenvalue weighted by Crippen LogP contribution is -2.21. The van der Waals surface area contributed by atoms with Gasteiger partial charge in [-0.3, -0.25) is 5.32 Å². The standard InChI is InChI=1S/C18H12F3N3O3/c19-18(20,21)10-4-3-5-11(8-10)22-17(25)23-16-13-9-26-14-7-2-1-6-12(14)15(13)27-24-16/h1-8H,9H2,(H2,22,23,24,25). The van der Waals surface area contributed by atoms with Crippen LogP contribution in [0.25, 0.3) is 11.3 Å². The molecule has 27 heavy (non-hydrogen) atoms. The first-order valence-electron chi connectivity index (χ1n) is 7.88. The number of hydrogen-bond acceptors (Lipinski definition) is 4. The Bertz CT molecular complexity index is 1010. The van der Waals surface area contributed by atoms with Gasteiger partial charge in [0.05, 0.1) is 16.7 Å². The number of aromatic nitrogens is 1. The van der Waals surface area contributed by atoms with Gasteiger partial charge in [-0.05, 0) is 30.3 Å². The number of hydrogen-bond donors (Lipinski definition) is 2. The van der Waals surface area contributed by atoms with Crippen molar-refractivity contribution in [1.29, 1.82) is 0 Å². The second-order valence-corrected chi connectivity index (χ2v) is 5.78. The Hall–Kier alpha value is -3.49. The molecule has 0 aliphatic carbocycles. The van der Waals surface area contributed by atoms with Crippen molar-refractivity contribution in [1.82, 2.24) is 5.16 Å². The summed E-state index contributed by atoms with van der Waals surface area (Å²) in [7, 11) is 0. The highest BCUT2D eigenvalue weighted by molar-refractivity contribution is 6.00. The predicted octanol–water partition coefficient (Wildman–Crippen LogP) is 4.90. The zero-order chi connectivity index (χ0) is 19.0. The number of halogens is 3. The molecule has 1 aliphatic heterocycles. The summed E-state index contributed by atoms with van der Waals surface area (Å²) in [5.41, 5.74) is 0.399. The number of rotatable bonds is 2. The van der Waals surface area contributed by atoms with Crippen molar-refractivity contribution >= 4 is 17.5 Å². The van der Waals surface area contributed by atoms with Crippen LogP contribution >= 0.6 is 0 Å². The summed E-state index contributed by atoms with van der Waals surface area (Å²) in [5, 5.41) is 8.65. The minimum absolute atomic E-state index is 0.00119. The molecule has 0 bridgehead atoms. The number of benzene rings is 2. The number of alkyl halides is 3. The molecule has 9 heteroatoms. The first-order chi connectivity index (χ1) is 12.9. The third-order valence-corrected chi connectivity index (χ3v) is 3.97. The first kappa shape index (κ1) is 17.0. The van der Waals surface area contributed by atoms with Crippen LogP contribution < -0.4 is 15.4 Å². The van der Waals surface area contributed by atoms with E-state index in [1.807, 2.05) is 12.1 Å². The summed E-state index contributed by atoms with van der Waals surface area (Å²) in [4.78, 5) is 12.1. The lowest BCUT2D eigenvalue weighted by Gasteiger charge is -2.16. The monoisotopic (exact) mass is 375 g/mol. The molecule has 0 radical (unpaired) electrons. The van der Waals surface area contributed by atoms with Crippen LogP contribution in [0.4, 0.5) is 29.5 Å². The van der Waals surface area contributed by atoms with Gasteiger partial charge in [0.15, 0.2) is 11.6 Å². The molecule has 4 rings (SSSR count). The van der Waals surface area contributed by atoms with E-state index in [0.29, 0.717) is 22.6 Å². The van der Waals surface area contributed by atoms with Gasteiger partial charge in [-0.15, -0.1) is 0 Å². The van der Waals surface area contributed by atoms with Crippen LogP contribution in [-0.4, -0.2) is 11.2 Å². The van der Waals surface area contributed by atoms with Crippen LogP contribution in [0.3, 0.4) is 0 Å². The number of urea groups is 1. The molecule has 2 aromatic carbocycles. The van der Waals surface area contributed by atoms with Crippen molar-refractivity contribution in [3.05, 3.63) is 59.7 Å². The van der Waals surface area contributed by atoms with E-state index in [1.54, 1.807) is 12.1 Å². The fraction of sp³-hybridized carbons (Fsp3) is 0.111. The Morgan fingerprint density at radius 3 is 2.70 bits per heavy atom. The molecule has 2 amide bonds. The van der Waals surface area contributed by atoms with Gasteiger partial charge in [-0.2, -0.15) is 13.2 Å². The van der Waals surface area contributed by atoms with Crippen molar-refractivity contribution in [2.45, 2.75) is 12.8 Å². The summed E-state index contributed by atoms with van der Waals surface area (Å²) < 4.78 is 49.2. The van der Waals surface area contributed by atoms with Gasteiger partial charge in [-0.25, -0.2) is 4.79 Å². The topological polar surface area (TPSA) is 76.4 Å². The van der Waals surface area contributed by atoms with Gasteiger partial charge >= 0.3 is 12.2 Å². The largest absolute Gasteiger partial charge is 0.488 e. The molecule has 0 spiro atoms. The smallest absolute Gasteiger partial charge is 0.416 e. The molecule has 138 valence electrons. The lowest BCUT2D eigenvalue weighted by molar-refractivity contribution is -0.137. The highest BCUT2D eigenvalue weighted by Crippen LogP contribution is 2.40. The SMILES string of the molecule is O=C(Nc1cccc(C(F)(F)F)c1)Nc1noc2c1COc1ccccc1-2. The second-order valence-electron chi connectivity index (χ2n) is 5.78. The van der Waals surface area contributed by atoms with E-state index in [2.05, 4.69) is 15.8 Å².